The van der Waals surface area contributed by atoms with Crippen molar-refractivity contribution in [1.29, 1.82) is 0 Å². The summed E-state index contributed by atoms with van der Waals surface area (Å²) in [5, 5.41) is 0. The van der Waals surface area contributed by atoms with Crippen molar-refractivity contribution in [2.45, 2.75) is 13.3 Å². The molecular weight excluding hydrogens is 193 g/mol. The SMILES string of the molecule is CCC(=O)[N]I. The number of carbonyl (C=O) groups is 1. The molecule has 0 spiro atoms. The summed E-state index contributed by atoms with van der Waals surface area (Å²) in [5.74, 6) is -0.0457. The minimum Gasteiger partial charge on any atom is -0.272 e. The van der Waals surface area contributed by atoms with Gasteiger partial charge in [-0.2, -0.15) is 3.53 Å². The van der Waals surface area contributed by atoms with Crippen LogP contribution in [-0.2, 0) is 4.79 Å². The van der Waals surface area contributed by atoms with E-state index in [1.165, 1.54) is 0 Å². The summed E-state index contributed by atoms with van der Waals surface area (Å²) in [7, 11) is 0. The number of amides is 1. The van der Waals surface area contributed by atoms with Crippen LogP contribution in [0.5, 0.6) is 0 Å². The molecule has 0 N–H and O–H groups in total. The Morgan fingerprint density at radius 3 is 2.50 bits per heavy atom. The van der Waals surface area contributed by atoms with Crippen LogP contribution in [0.15, 0.2) is 0 Å². The zero-order chi connectivity index (χ0) is 4.99. The Morgan fingerprint density at radius 1 is 2.00 bits per heavy atom. The first kappa shape index (κ1) is 6.20. The topological polar surface area (TPSA) is 31.2 Å². The van der Waals surface area contributed by atoms with Crippen molar-refractivity contribution < 1.29 is 4.79 Å². The maximum atomic E-state index is 10.0. The highest BCUT2D eigenvalue weighted by Gasteiger charge is 1.89. The van der Waals surface area contributed by atoms with Crippen LogP contribution in [-0.4, -0.2) is 5.91 Å². The average Bonchev–Trinajstić information content (AvgIpc) is 1.65. The van der Waals surface area contributed by atoms with Crippen molar-refractivity contribution in [3.63, 3.8) is 0 Å². The van der Waals surface area contributed by atoms with Gasteiger partial charge in [-0.15, -0.1) is 0 Å². The molecule has 0 aromatic heterocycles. The third kappa shape index (κ3) is 2.44. The van der Waals surface area contributed by atoms with Crippen LogP contribution in [0.3, 0.4) is 0 Å². The molecule has 0 aliphatic rings. The van der Waals surface area contributed by atoms with E-state index in [1.807, 2.05) is 0 Å². The molecule has 0 atom stereocenters. The molecule has 0 saturated carbocycles. The van der Waals surface area contributed by atoms with Gasteiger partial charge in [0.05, 0.1) is 22.9 Å². The Balaban J connectivity index is 2.99. The van der Waals surface area contributed by atoms with Gasteiger partial charge >= 0.3 is 0 Å². The van der Waals surface area contributed by atoms with Crippen molar-refractivity contribution in [1.82, 2.24) is 3.53 Å². The molecule has 0 aromatic carbocycles. The zero-order valence-corrected chi connectivity index (χ0v) is 5.60. The van der Waals surface area contributed by atoms with Gasteiger partial charge in [-0.05, 0) is 0 Å². The van der Waals surface area contributed by atoms with E-state index in [2.05, 4.69) is 3.53 Å². The van der Waals surface area contributed by atoms with Gasteiger partial charge in [0, 0.05) is 6.42 Å². The minimum atomic E-state index is -0.0457. The Labute approximate surface area is 50.8 Å². The van der Waals surface area contributed by atoms with Gasteiger partial charge in [-0.3, -0.25) is 4.79 Å². The van der Waals surface area contributed by atoms with Crippen LogP contribution in [0.25, 0.3) is 0 Å². The summed E-state index contributed by atoms with van der Waals surface area (Å²) >= 11 is 1.69. The lowest BCUT2D eigenvalue weighted by molar-refractivity contribution is -0.118. The van der Waals surface area contributed by atoms with E-state index in [9.17, 15) is 4.79 Å². The van der Waals surface area contributed by atoms with Crippen LogP contribution in [0.4, 0.5) is 0 Å². The predicted molar refractivity (Wildman–Crippen MR) is 31.5 cm³/mol. The molecule has 0 aliphatic carbocycles. The molecule has 0 fully saturated rings. The van der Waals surface area contributed by atoms with E-state index in [1.54, 1.807) is 29.8 Å². The van der Waals surface area contributed by atoms with Crippen LogP contribution in [0.1, 0.15) is 13.3 Å². The van der Waals surface area contributed by atoms with Gasteiger partial charge in [0.15, 0.2) is 0 Å². The zero-order valence-electron chi connectivity index (χ0n) is 3.44. The second-order valence-electron chi connectivity index (χ2n) is 0.832. The fraction of sp³-hybridized carbons (Fsp3) is 0.667. The summed E-state index contributed by atoms with van der Waals surface area (Å²) in [4.78, 5) is 10.0. The third-order valence-electron chi connectivity index (χ3n) is 0.397. The molecule has 0 unspecified atom stereocenters. The van der Waals surface area contributed by atoms with E-state index >= 15 is 0 Å². The Bertz CT molecular complexity index is 48.8. The molecule has 0 aromatic rings. The second kappa shape index (κ2) is 3.39. The van der Waals surface area contributed by atoms with Gasteiger partial charge < -0.3 is 0 Å². The molecule has 0 saturated heterocycles. The van der Waals surface area contributed by atoms with Gasteiger partial charge in [0.2, 0.25) is 0 Å². The quantitative estimate of drug-likeness (QED) is 0.575. The molecule has 6 heavy (non-hydrogen) atoms. The highest BCUT2D eigenvalue weighted by molar-refractivity contribution is 14.1. The van der Waals surface area contributed by atoms with E-state index in [0.717, 1.165) is 0 Å². The molecule has 1 radical (unpaired) electrons. The summed E-state index contributed by atoms with van der Waals surface area (Å²) in [6.45, 7) is 1.78. The van der Waals surface area contributed by atoms with E-state index in [-0.39, 0.29) is 5.91 Å². The first-order valence-electron chi connectivity index (χ1n) is 1.66. The lowest BCUT2D eigenvalue weighted by Crippen LogP contribution is -2.00. The highest BCUT2D eigenvalue weighted by Crippen LogP contribution is 1.80. The minimum absolute atomic E-state index is 0.0457. The summed E-state index contributed by atoms with van der Waals surface area (Å²) in [6.07, 6.45) is 0.517. The number of hydrogen-bond donors (Lipinski definition) is 0. The van der Waals surface area contributed by atoms with Crippen molar-refractivity contribution in [2.75, 3.05) is 0 Å². The van der Waals surface area contributed by atoms with Gasteiger partial charge in [-0.25, -0.2) is 0 Å². The lowest BCUT2D eigenvalue weighted by atomic mass is 10.5. The molecule has 0 bridgehead atoms. The molecule has 2 nitrogen and oxygen atoms in total. The van der Waals surface area contributed by atoms with Crippen LogP contribution >= 0.6 is 22.9 Å². The Kier molecular flexibility index (Phi) is 3.51. The summed E-state index contributed by atoms with van der Waals surface area (Å²) in [5.41, 5.74) is 0. The standard InChI is InChI=1S/C3H5INO/c1-2-3(6)5-4/h2H2,1H3. The van der Waals surface area contributed by atoms with Crippen molar-refractivity contribution >= 4 is 28.8 Å². The van der Waals surface area contributed by atoms with Gasteiger partial charge in [0.25, 0.3) is 5.91 Å². The molecule has 0 rings (SSSR count). The van der Waals surface area contributed by atoms with E-state index in [0.29, 0.717) is 6.42 Å². The first-order chi connectivity index (χ1) is 2.81. The normalized spacial score (nSPS) is 7.67. The summed E-state index contributed by atoms with van der Waals surface area (Å²) < 4.78 is 3.34. The predicted octanol–water partition coefficient (Wildman–Crippen LogP) is 0.877. The van der Waals surface area contributed by atoms with Gasteiger partial charge in [0.1, 0.15) is 0 Å². The van der Waals surface area contributed by atoms with Gasteiger partial charge in [-0.1, -0.05) is 6.92 Å². The van der Waals surface area contributed by atoms with Crippen molar-refractivity contribution in [3.8, 4) is 0 Å². The van der Waals surface area contributed by atoms with E-state index < -0.39 is 0 Å². The third-order valence-corrected chi connectivity index (χ3v) is 0.935. The van der Waals surface area contributed by atoms with Crippen LogP contribution < -0.4 is 3.53 Å². The fourth-order valence-corrected chi connectivity index (χ4v) is 0.401. The lowest BCUT2D eigenvalue weighted by Gasteiger charge is -1.80. The monoisotopic (exact) mass is 198 g/mol. The largest absolute Gasteiger partial charge is 0.272 e. The highest BCUT2D eigenvalue weighted by atomic mass is 127. The van der Waals surface area contributed by atoms with Crippen LogP contribution in [0, 0.1) is 0 Å². The molecule has 1 amide bonds. The first-order valence-corrected chi connectivity index (χ1v) is 2.62. The Morgan fingerprint density at radius 2 is 2.50 bits per heavy atom. The van der Waals surface area contributed by atoms with E-state index in [4.69, 9.17) is 0 Å². The summed E-state index contributed by atoms with van der Waals surface area (Å²) in [6, 6.07) is 0. The molecule has 3 heteroatoms. The maximum absolute atomic E-state index is 10.0. The fourth-order valence-electron chi connectivity index (χ4n) is 0.0598. The Hall–Kier alpha value is 0.200. The maximum Gasteiger partial charge on any atom is 0.250 e. The number of halogens is 1. The number of carbonyl (C=O) groups excluding carboxylic acids is 1. The van der Waals surface area contributed by atoms with Crippen molar-refractivity contribution in [2.24, 2.45) is 0 Å². The average molecular weight is 198 g/mol. The smallest absolute Gasteiger partial charge is 0.250 e. The molecule has 0 heterocycles. The number of hydrogen-bond acceptors (Lipinski definition) is 1. The van der Waals surface area contributed by atoms with Crippen molar-refractivity contribution in [3.05, 3.63) is 0 Å². The molecule has 35 valence electrons. The molecule has 0 aliphatic heterocycles. The van der Waals surface area contributed by atoms with Crippen LogP contribution in [0.2, 0.25) is 0 Å². The number of nitrogens with zero attached hydrogens (tertiary/aromatic N) is 1. The number of rotatable bonds is 1. The molecular formula is C3H5INO. The second-order valence-corrected chi connectivity index (χ2v) is 1.31.